The Bertz CT molecular complexity index is 1550. The lowest BCUT2D eigenvalue weighted by atomic mass is 10.1. The van der Waals surface area contributed by atoms with E-state index >= 15 is 0 Å². The van der Waals surface area contributed by atoms with E-state index < -0.39 is 43.5 Å². The molecular formula is C21H26N9O7PS. The molecule has 16 nitrogen and oxygen atoms in total. The number of rotatable bonds is 8. The summed E-state index contributed by atoms with van der Waals surface area (Å²) < 4.78 is 24.8. The Kier molecular flexibility index (Phi) is 6.95. The second-order valence-electron chi connectivity index (χ2n) is 9.25. The molecule has 0 amide bonds. The van der Waals surface area contributed by atoms with Crippen molar-refractivity contribution in [3.63, 3.8) is 0 Å². The topological polar surface area (TPSA) is 235 Å². The lowest BCUT2D eigenvalue weighted by Crippen LogP contribution is -2.29. The Morgan fingerprint density at radius 2 is 1.90 bits per heavy atom. The molecule has 2 fully saturated rings. The number of fused-ring (bicyclic) bond motifs is 2. The SMILES string of the molecule is Nc1ncnc2[nH]c([C@H]3C[C@@H](OP(O)(=S)OC[C@H]4O[C@@H](n5cnc6c(N)ncnc65)C[C@H]4O)[C@@H](CO)O3)cc12. The maximum Gasteiger partial charge on any atom is 0.324 e. The summed E-state index contributed by atoms with van der Waals surface area (Å²) in [5, 5.41) is 21.1. The molecule has 208 valence electrons. The smallest absolute Gasteiger partial charge is 0.324 e. The largest absolute Gasteiger partial charge is 0.394 e. The molecule has 39 heavy (non-hydrogen) atoms. The number of aromatic amines is 1. The van der Waals surface area contributed by atoms with Crippen molar-refractivity contribution in [1.29, 1.82) is 0 Å². The zero-order valence-electron chi connectivity index (χ0n) is 20.3. The zero-order chi connectivity index (χ0) is 27.3. The fourth-order valence-corrected chi connectivity index (χ4v) is 6.30. The Morgan fingerprint density at radius 3 is 2.69 bits per heavy atom. The van der Waals surface area contributed by atoms with Crippen LogP contribution in [0.1, 0.15) is 30.9 Å². The van der Waals surface area contributed by atoms with Gasteiger partial charge in [-0.15, -0.1) is 0 Å². The first kappa shape index (κ1) is 26.4. The molecular weight excluding hydrogens is 553 g/mol. The van der Waals surface area contributed by atoms with Crippen molar-refractivity contribution in [2.24, 2.45) is 0 Å². The third-order valence-corrected chi connectivity index (χ3v) is 8.36. The van der Waals surface area contributed by atoms with Gasteiger partial charge < -0.3 is 50.1 Å². The predicted molar refractivity (Wildman–Crippen MR) is 139 cm³/mol. The molecule has 6 heterocycles. The summed E-state index contributed by atoms with van der Waals surface area (Å²) in [6, 6.07) is 1.77. The van der Waals surface area contributed by atoms with Crippen LogP contribution in [0.25, 0.3) is 22.2 Å². The molecule has 4 aromatic rings. The van der Waals surface area contributed by atoms with E-state index in [1.165, 1.54) is 19.0 Å². The highest BCUT2D eigenvalue weighted by atomic mass is 32.5. The van der Waals surface area contributed by atoms with Gasteiger partial charge in [0.15, 0.2) is 11.5 Å². The molecule has 0 saturated carbocycles. The van der Waals surface area contributed by atoms with Crippen LogP contribution in [0.4, 0.5) is 11.6 Å². The van der Waals surface area contributed by atoms with E-state index in [4.69, 9.17) is 41.8 Å². The van der Waals surface area contributed by atoms with Crippen molar-refractivity contribution >= 4 is 52.4 Å². The molecule has 18 heteroatoms. The van der Waals surface area contributed by atoms with Gasteiger partial charge in [0.25, 0.3) is 0 Å². The van der Waals surface area contributed by atoms with Crippen LogP contribution in [0.2, 0.25) is 0 Å². The minimum absolute atomic E-state index is 0.225. The van der Waals surface area contributed by atoms with E-state index in [1.54, 1.807) is 10.6 Å². The van der Waals surface area contributed by atoms with Gasteiger partial charge in [-0.3, -0.25) is 4.57 Å². The average Bonchev–Trinajstić information content (AvgIpc) is 3.67. The number of hydrogen-bond acceptors (Lipinski definition) is 14. The predicted octanol–water partition coefficient (Wildman–Crippen LogP) is 0.0515. The summed E-state index contributed by atoms with van der Waals surface area (Å²) in [7, 11) is 0. The average molecular weight is 580 g/mol. The normalized spacial score (nSPS) is 28.9. The van der Waals surface area contributed by atoms with Crippen LogP contribution in [-0.4, -0.2) is 87.2 Å². The molecule has 0 bridgehead atoms. The number of ether oxygens (including phenoxy) is 2. The van der Waals surface area contributed by atoms with Gasteiger partial charge in [-0.2, -0.15) is 0 Å². The quantitative estimate of drug-likeness (QED) is 0.151. The highest BCUT2D eigenvalue weighted by Gasteiger charge is 2.42. The van der Waals surface area contributed by atoms with Gasteiger partial charge in [0, 0.05) is 18.5 Å². The number of anilines is 2. The van der Waals surface area contributed by atoms with E-state index in [-0.39, 0.29) is 31.9 Å². The number of imidazole rings is 1. The van der Waals surface area contributed by atoms with E-state index in [0.29, 0.717) is 33.7 Å². The second-order valence-corrected chi connectivity index (χ2v) is 12.0. The molecule has 8 N–H and O–H groups in total. The van der Waals surface area contributed by atoms with Crippen LogP contribution in [-0.2, 0) is 30.3 Å². The number of aliphatic hydroxyl groups excluding tert-OH is 2. The van der Waals surface area contributed by atoms with Gasteiger partial charge in [-0.1, -0.05) is 0 Å². The Balaban J connectivity index is 1.08. The molecule has 0 spiro atoms. The molecule has 2 saturated heterocycles. The van der Waals surface area contributed by atoms with Crippen molar-refractivity contribution in [2.45, 2.75) is 49.6 Å². The number of aromatic nitrogens is 7. The van der Waals surface area contributed by atoms with Gasteiger partial charge in [0.2, 0.25) is 0 Å². The minimum Gasteiger partial charge on any atom is -0.394 e. The van der Waals surface area contributed by atoms with E-state index in [2.05, 4.69) is 29.9 Å². The number of nitrogens with zero attached hydrogens (tertiary/aromatic N) is 6. The third kappa shape index (κ3) is 5.08. The molecule has 2 aliphatic heterocycles. The number of nitrogens with two attached hydrogens (primary N) is 2. The first-order valence-electron chi connectivity index (χ1n) is 12.0. The van der Waals surface area contributed by atoms with Crippen molar-refractivity contribution < 1.29 is 33.6 Å². The van der Waals surface area contributed by atoms with Gasteiger partial charge >= 0.3 is 6.72 Å². The lowest BCUT2D eigenvalue weighted by Gasteiger charge is -2.24. The monoisotopic (exact) mass is 579 g/mol. The van der Waals surface area contributed by atoms with Crippen LogP contribution < -0.4 is 11.5 Å². The van der Waals surface area contributed by atoms with Gasteiger partial charge in [-0.05, 0) is 17.9 Å². The molecule has 0 radical (unpaired) electrons. The molecule has 2 aliphatic rings. The molecule has 0 aliphatic carbocycles. The van der Waals surface area contributed by atoms with Crippen LogP contribution in [0, 0.1) is 0 Å². The van der Waals surface area contributed by atoms with E-state index in [0.717, 1.165) is 0 Å². The third-order valence-electron chi connectivity index (χ3n) is 6.78. The molecule has 1 unspecified atom stereocenters. The van der Waals surface area contributed by atoms with Crippen molar-refractivity contribution in [3.05, 3.63) is 30.7 Å². The summed E-state index contributed by atoms with van der Waals surface area (Å²) in [6.45, 7) is -4.40. The summed E-state index contributed by atoms with van der Waals surface area (Å²) in [5.41, 5.74) is 13.9. The number of H-pyrrole nitrogens is 1. The maximum atomic E-state index is 10.8. The van der Waals surface area contributed by atoms with Gasteiger partial charge in [0.05, 0.1) is 37.1 Å². The second kappa shape index (κ2) is 10.3. The standard InChI is InChI=1S/C21H26N9O7PS/c22-18-9-1-10(29-20(9)26-6-24-18)12-3-13(14(4-31)35-12)37-38(33,39)34-5-15-11(32)2-16(36-15)30-8-28-17-19(23)25-7-27-21(17)30/h1,6-8,11-16,31-32H,2-5H2,(H,33,39)(H2,23,25,27)(H3,22,24,26,29)/t11-,12-,13-,14-,15-,16-,38?/m1/s1. The summed E-state index contributed by atoms with van der Waals surface area (Å²) >= 11 is 5.22. The van der Waals surface area contributed by atoms with E-state index in [9.17, 15) is 15.1 Å². The fraction of sp³-hybridized carbons (Fsp3) is 0.476. The first-order valence-corrected chi connectivity index (χ1v) is 14.6. The first-order chi connectivity index (χ1) is 18.7. The molecule has 6 rings (SSSR count). The summed E-state index contributed by atoms with van der Waals surface area (Å²) in [4.78, 5) is 34.4. The fourth-order valence-electron chi connectivity index (χ4n) is 4.83. The van der Waals surface area contributed by atoms with Gasteiger partial charge in [0.1, 0.15) is 54.2 Å². The molecule has 4 aromatic heterocycles. The number of hydrogen-bond donors (Lipinski definition) is 6. The number of nitrogens with one attached hydrogen (secondary N) is 1. The zero-order valence-corrected chi connectivity index (χ0v) is 22.0. The van der Waals surface area contributed by atoms with Crippen LogP contribution in [0.3, 0.4) is 0 Å². The molecule has 7 atom stereocenters. The summed E-state index contributed by atoms with van der Waals surface area (Å²) in [5.74, 6) is 0.556. The molecule has 0 aromatic carbocycles. The van der Waals surface area contributed by atoms with Crippen molar-refractivity contribution in [1.82, 2.24) is 34.5 Å². The highest BCUT2D eigenvalue weighted by molar-refractivity contribution is 8.07. The van der Waals surface area contributed by atoms with Crippen molar-refractivity contribution in [2.75, 3.05) is 24.7 Å². The van der Waals surface area contributed by atoms with E-state index in [1.807, 2.05) is 0 Å². The number of aliphatic hydroxyl groups is 2. The Labute approximate surface area is 225 Å². The number of nitrogen functional groups attached to an aromatic ring is 2. The van der Waals surface area contributed by atoms with Crippen molar-refractivity contribution in [3.8, 4) is 0 Å². The van der Waals surface area contributed by atoms with Crippen LogP contribution in [0.5, 0.6) is 0 Å². The lowest BCUT2D eigenvalue weighted by molar-refractivity contribution is -0.0462. The highest BCUT2D eigenvalue weighted by Crippen LogP contribution is 2.50. The minimum atomic E-state index is -3.81. The van der Waals surface area contributed by atoms with Crippen LogP contribution in [0.15, 0.2) is 25.0 Å². The summed E-state index contributed by atoms with van der Waals surface area (Å²) in [6.07, 6.45) is 0.355. The Hall–Kier alpha value is -2.86. The maximum absolute atomic E-state index is 10.8. The Morgan fingerprint density at radius 1 is 1.10 bits per heavy atom. The van der Waals surface area contributed by atoms with Crippen LogP contribution >= 0.6 is 6.72 Å². The van der Waals surface area contributed by atoms with Gasteiger partial charge in [-0.25, -0.2) is 24.9 Å².